The fourth-order valence-electron chi connectivity index (χ4n) is 6.97. The Morgan fingerprint density at radius 1 is 0.383 bits per heavy atom. The third-order valence-corrected chi connectivity index (χ3v) is 9.88. The quantitative estimate of drug-likeness (QED) is 0.160. The highest BCUT2D eigenvalue weighted by Gasteiger charge is 2.28. The van der Waals surface area contributed by atoms with E-state index in [9.17, 15) is 0 Å². The number of benzene rings is 6. The van der Waals surface area contributed by atoms with E-state index in [1.807, 2.05) is 0 Å². The lowest BCUT2D eigenvalue weighted by atomic mass is 9.73. The van der Waals surface area contributed by atoms with E-state index in [0.29, 0.717) is 0 Å². The van der Waals surface area contributed by atoms with Crippen molar-refractivity contribution in [2.45, 2.75) is 73.6 Å². The second kappa shape index (κ2) is 13.2. The minimum atomic E-state index is -0.179. The molecule has 6 aromatic carbocycles. The Balaban J connectivity index is 1.62. The molecule has 0 aliphatic heterocycles. The first-order valence-electron chi connectivity index (χ1n) is 17.0. The Labute approximate surface area is 283 Å². The van der Waals surface area contributed by atoms with E-state index in [0.717, 1.165) is 12.8 Å². The summed E-state index contributed by atoms with van der Waals surface area (Å²) in [7, 11) is 0. The van der Waals surface area contributed by atoms with Gasteiger partial charge in [-0.1, -0.05) is 163 Å². The van der Waals surface area contributed by atoms with E-state index < -0.39 is 0 Å². The summed E-state index contributed by atoms with van der Waals surface area (Å²) in [4.78, 5) is 0. The minimum absolute atomic E-state index is 0.179. The normalized spacial score (nSPS) is 11.6. The monoisotopic (exact) mass is 612 g/mol. The van der Waals surface area contributed by atoms with Crippen LogP contribution in [0.25, 0.3) is 22.3 Å². The molecule has 0 fully saturated rings. The summed E-state index contributed by atoms with van der Waals surface area (Å²) in [6, 6.07) is 46.2. The third kappa shape index (κ3) is 7.03. The average molecular weight is 613 g/mol. The molecule has 6 aromatic rings. The molecule has 47 heavy (non-hydrogen) atoms. The van der Waals surface area contributed by atoms with Crippen molar-refractivity contribution in [2.24, 2.45) is 0 Å². The summed E-state index contributed by atoms with van der Waals surface area (Å²) < 4.78 is 0. The van der Waals surface area contributed by atoms with Crippen LogP contribution in [0.4, 0.5) is 0 Å². The summed E-state index contributed by atoms with van der Waals surface area (Å²) in [5.74, 6) is 0. The Hall–Kier alpha value is -4.68. The van der Waals surface area contributed by atoms with Crippen LogP contribution in [0.3, 0.4) is 0 Å². The highest BCUT2D eigenvalue weighted by molar-refractivity contribution is 5.84. The third-order valence-electron chi connectivity index (χ3n) is 9.88. The second-order valence-electron chi connectivity index (χ2n) is 14.4. The van der Waals surface area contributed by atoms with Gasteiger partial charge in [-0.25, -0.2) is 0 Å². The van der Waals surface area contributed by atoms with Crippen LogP contribution in [-0.4, -0.2) is 0 Å². The highest BCUT2D eigenvalue weighted by Crippen LogP contribution is 2.43. The molecule has 0 unspecified atom stereocenters. The molecule has 0 bridgehead atoms. The molecule has 0 atom stereocenters. The first kappa shape index (κ1) is 32.3. The number of hydrogen-bond donors (Lipinski definition) is 0. The molecule has 0 heteroatoms. The summed E-state index contributed by atoms with van der Waals surface area (Å²) in [6.07, 6.45) is 1.76. The molecule has 0 spiro atoms. The van der Waals surface area contributed by atoms with Crippen LogP contribution < -0.4 is 0 Å². The van der Waals surface area contributed by atoms with Gasteiger partial charge in [0.1, 0.15) is 0 Å². The molecular formula is C47H48. The van der Waals surface area contributed by atoms with E-state index in [1.165, 1.54) is 89.0 Å². The Morgan fingerprint density at radius 2 is 0.809 bits per heavy atom. The lowest BCUT2D eigenvalue weighted by Crippen LogP contribution is -2.20. The van der Waals surface area contributed by atoms with Crippen molar-refractivity contribution in [3.8, 4) is 22.3 Å². The van der Waals surface area contributed by atoms with E-state index in [1.54, 1.807) is 0 Å². The zero-order chi connectivity index (χ0) is 33.3. The van der Waals surface area contributed by atoms with E-state index >= 15 is 0 Å². The van der Waals surface area contributed by atoms with Crippen LogP contribution in [0.15, 0.2) is 121 Å². The molecule has 0 saturated heterocycles. The summed E-state index contributed by atoms with van der Waals surface area (Å²) in [5, 5.41) is 0. The number of rotatable bonds is 8. The topological polar surface area (TPSA) is 0 Å². The first-order valence-corrected chi connectivity index (χ1v) is 17.0. The average Bonchev–Trinajstić information content (AvgIpc) is 3.04. The van der Waals surface area contributed by atoms with Gasteiger partial charge in [0.05, 0.1) is 0 Å². The molecule has 236 valence electrons. The Kier molecular flexibility index (Phi) is 9.07. The Bertz CT molecular complexity index is 2020. The van der Waals surface area contributed by atoms with Crippen molar-refractivity contribution in [1.29, 1.82) is 0 Å². The van der Waals surface area contributed by atoms with Crippen LogP contribution in [0.2, 0.25) is 0 Å². The molecule has 0 saturated carbocycles. The van der Waals surface area contributed by atoms with E-state index in [-0.39, 0.29) is 5.41 Å². The van der Waals surface area contributed by atoms with Gasteiger partial charge in [0.25, 0.3) is 0 Å². The van der Waals surface area contributed by atoms with E-state index in [2.05, 4.69) is 177 Å². The maximum Gasteiger partial charge on any atom is 0.0152 e. The minimum Gasteiger partial charge on any atom is -0.0590 e. The van der Waals surface area contributed by atoms with Gasteiger partial charge >= 0.3 is 0 Å². The summed E-state index contributed by atoms with van der Waals surface area (Å²) >= 11 is 0. The zero-order valence-corrected chi connectivity index (χ0v) is 29.5. The SMILES string of the molecule is Cc1ccc(Cc2ccc(C)cc2-c2cc(C)cc(-c3cc(C)ccc3C(C)(C)c3ccc(C)cc3)c2Cc2ccc(C)cc2)cc1. The molecular weight excluding hydrogens is 565 g/mol. The largest absolute Gasteiger partial charge is 0.0590 e. The number of aryl methyl sites for hydroxylation is 6. The van der Waals surface area contributed by atoms with Gasteiger partial charge in [-0.15, -0.1) is 0 Å². The van der Waals surface area contributed by atoms with Gasteiger partial charge in [0.15, 0.2) is 0 Å². The van der Waals surface area contributed by atoms with Crippen molar-refractivity contribution < 1.29 is 0 Å². The highest BCUT2D eigenvalue weighted by atomic mass is 14.3. The summed E-state index contributed by atoms with van der Waals surface area (Å²) in [5.41, 5.74) is 21.0. The van der Waals surface area contributed by atoms with Gasteiger partial charge in [-0.2, -0.15) is 0 Å². The fraction of sp³-hybridized carbons (Fsp3) is 0.234. The molecule has 6 rings (SSSR count). The van der Waals surface area contributed by atoms with Crippen molar-refractivity contribution >= 4 is 0 Å². The van der Waals surface area contributed by atoms with Crippen LogP contribution >= 0.6 is 0 Å². The smallest absolute Gasteiger partial charge is 0.0152 e. The Morgan fingerprint density at radius 3 is 1.38 bits per heavy atom. The lowest BCUT2D eigenvalue weighted by Gasteiger charge is -2.30. The molecule has 0 aliphatic rings. The predicted octanol–water partition coefficient (Wildman–Crippen LogP) is 12.4. The molecule has 0 N–H and O–H groups in total. The van der Waals surface area contributed by atoms with Crippen LogP contribution in [0.1, 0.15) is 80.6 Å². The first-order chi connectivity index (χ1) is 22.5. The molecule has 0 aliphatic carbocycles. The van der Waals surface area contributed by atoms with Gasteiger partial charge in [0, 0.05) is 5.41 Å². The van der Waals surface area contributed by atoms with Crippen LogP contribution in [0, 0.1) is 41.5 Å². The lowest BCUT2D eigenvalue weighted by molar-refractivity contribution is 0.642. The maximum absolute atomic E-state index is 2.44. The van der Waals surface area contributed by atoms with E-state index in [4.69, 9.17) is 0 Å². The summed E-state index contributed by atoms with van der Waals surface area (Å²) in [6.45, 7) is 18.0. The van der Waals surface area contributed by atoms with Crippen molar-refractivity contribution in [1.82, 2.24) is 0 Å². The second-order valence-corrected chi connectivity index (χ2v) is 14.4. The molecule has 0 amide bonds. The van der Waals surface area contributed by atoms with Gasteiger partial charge in [-0.05, 0) is 116 Å². The molecule has 0 nitrogen and oxygen atoms in total. The van der Waals surface area contributed by atoms with Crippen molar-refractivity contribution in [3.05, 3.63) is 188 Å². The van der Waals surface area contributed by atoms with Crippen molar-refractivity contribution in [3.63, 3.8) is 0 Å². The van der Waals surface area contributed by atoms with Crippen molar-refractivity contribution in [2.75, 3.05) is 0 Å². The molecule has 0 heterocycles. The maximum atomic E-state index is 2.44. The standard InChI is InChI=1S/C47H48/c1-31-9-17-37(18-10-31)29-39-21-13-34(4)25-41(39)42-27-36(6)28-43(44(42)30-38-19-11-32(2)12-20-38)45-26-35(5)16-24-46(45)47(7,8)40-22-14-33(3)15-23-40/h9-28H,29-30H2,1-8H3. The van der Waals surface area contributed by atoms with Gasteiger partial charge in [-0.3, -0.25) is 0 Å². The number of hydrogen-bond acceptors (Lipinski definition) is 0. The predicted molar refractivity (Wildman–Crippen MR) is 203 cm³/mol. The molecule has 0 radical (unpaired) electrons. The molecule has 0 aromatic heterocycles. The van der Waals surface area contributed by atoms with Crippen LogP contribution in [0.5, 0.6) is 0 Å². The van der Waals surface area contributed by atoms with Gasteiger partial charge < -0.3 is 0 Å². The van der Waals surface area contributed by atoms with Gasteiger partial charge in [0.2, 0.25) is 0 Å². The zero-order valence-electron chi connectivity index (χ0n) is 29.5. The van der Waals surface area contributed by atoms with Crippen LogP contribution in [-0.2, 0) is 18.3 Å². The fourth-order valence-corrected chi connectivity index (χ4v) is 6.97.